The maximum Gasteiger partial charge on any atom is 0.126 e. The molecule has 0 saturated heterocycles. The number of nitrogens with one attached hydrogen (secondary N) is 1. The van der Waals surface area contributed by atoms with Crippen molar-refractivity contribution in [3.63, 3.8) is 0 Å². The molecule has 0 unspecified atom stereocenters. The number of hydrogen-bond acceptors (Lipinski definition) is 3. The molecule has 3 heteroatoms. The van der Waals surface area contributed by atoms with Gasteiger partial charge in [0.1, 0.15) is 5.76 Å². The van der Waals surface area contributed by atoms with Crippen molar-refractivity contribution >= 4 is 17.8 Å². The Balaban J connectivity index is 1.95. The highest BCUT2D eigenvalue weighted by atomic mass is 32.2. The topological polar surface area (TPSA) is 25.2 Å². The van der Waals surface area contributed by atoms with E-state index in [0.29, 0.717) is 0 Å². The van der Waals surface area contributed by atoms with E-state index in [0.717, 1.165) is 30.4 Å². The van der Waals surface area contributed by atoms with Crippen LogP contribution in [0.1, 0.15) is 5.76 Å². The Labute approximate surface area is 95.4 Å². The highest BCUT2D eigenvalue weighted by molar-refractivity contribution is 7.99. The van der Waals surface area contributed by atoms with Gasteiger partial charge in [-0.05, 0) is 18.2 Å². The van der Waals surface area contributed by atoms with Crippen LogP contribution in [0.2, 0.25) is 0 Å². The molecule has 0 aromatic carbocycles. The van der Waals surface area contributed by atoms with Crippen LogP contribution >= 0.6 is 11.8 Å². The molecule has 0 aliphatic heterocycles. The second-order valence-electron chi connectivity index (χ2n) is 2.99. The molecule has 0 atom stereocenters. The Morgan fingerprint density at radius 1 is 1.53 bits per heavy atom. The van der Waals surface area contributed by atoms with E-state index in [1.54, 1.807) is 6.26 Å². The van der Waals surface area contributed by atoms with Gasteiger partial charge >= 0.3 is 0 Å². The molecule has 0 aliphatic carbocycles. The van der Waals surface area contributed by atoms with E-state index in [1.165, 1.54) is 0 Å². The van der Waals surface area contributed by atoms with Gasteiger partial charge in [0.05, 0.1) is 6.26 Å². The fraction of sp³-hybridized carbons (Fsp3) is 0.333. The Hall–Kier alpha value is -0.930. The maximum atomic E-state index is 5.16. The Bertz CT molecular complexity index is 280. The van der Waals surface area contributed by atoms with Crippen LogP contribution in [-0.2, 0) is 0 Å². The largest absolute Gasteiger partial charge is 0.465 e. The van der Waals surface area contributed by atoms with Crippen molar-refractivity contribution in [1.82, 2.24) is 5.32 Å². The third-order valence-corrected chi connectivity index (χ3v) is 2.71. The summed E-state index contributed by atoms with van der Waals surface area (Å²) in [4.78, 5) is 0. The molecule has 1 aromatic rings. The number of thioether (sulfide) groups is 1. The smallest absolute Gasteiger partial charge is 0.126 e. The zero-order valence-electron chi connectivity index (χ0n) is 8.82. The van der Waals surface area contributed by atoms with Crippen LogP contribution in [-0.4, -0.2) is 24.6 Å². The van der Waals surface area contributed by atoms with Gasteiger partial charge in [-0.1, -0.05) is 12.2 Å². The molecule has 0 aliphatic rings. The second kappa shape index (κ2) is 8.38. The van der Waals surface area contributed by atoms with E-state index >= 15 is 0 Å². The average molecular weight is 223 g/mol. The third kappa shape index (κ3) is 6.20. The molecule has 1 rings (SSSR count). The molecule has 2 nitrogen and oxygen atoms in total. The fourth-order valence-corrected chi connectivity index (χ4v) is 1.68. The van der Waals surface area contributed by atoms with Gasteiger partial charge in [0.25, 0.3) is 0 Å². The number of rotatable bonds is 8. The van der Waals surface area contributed by atoms with E-state index in [2.05, 4.69) is 18.0 Å². The van der Waals surface area contributed by atoms with Crippen LogP contribution in [0, 0.1) is 0 Å². The van der Waals surface area contributed by atoms with Gasteiger partial charge in [-0.2, -0.15) is 11.8 Å². The van der Waals surface area contributed by atoms with Crippen molar-refractivity contribution in [2.24, 2.45) is 0 Å². The fourth-order valence-electron chi connectivity index (χ4n) is 1.06. The van der Waals surface area contributed by atoms with Crippen LogP contribution in [0.5, 0.6) is 0 Å². The van der Waals surface area contributed by atoms with E-state index < -0.39 is 0 Å². The summed E-state index contributed by atoms with van der Waals surface area (Å²) in [7, 11) is 0. The lowest BCUT2D eigenvalue weighted by molar-refractivity contribution is 0.557. The van der Waals surface area contributed by atoms with Crippen molar-refractivity contribution in [1.29, 1.82) is 0 Å². The van der Waals surface area contributed by atoms with Crippen molar-refractivity contribution in [2.75, 3.05) is 24.6 Å². The van der Waals surface area contributed by atoms with E-state index in [1.807, 2.05) is 36.0 Å². The average Bonchev–Trinajstić information content (AvgIpc) is 2.75. The van der Waals surface area contributed by atoms with E-state index in [9.17, 15) is 0 Å². The molecule has 0 amide bonds. The molecule has 0 radical (unpaired) electrons. The molecule has 1 heterocycles. The molecule has 1 aromatic heterocycles. The van der Waals surface area contributed by atoms with Crippen molar-refractivity contribution < 1.29 is 4.42 Å². The maximum absolute atomic E-state index is 5.16. The standard InChI is InChI=1S/C12H17NOS/c1-2-10-15-11-8-13-7-3-5-12-6-4-9-14-12/h2-6,9,13H,1,7-8,10-11H2/b5-3+. The highest BCUT2D eigenvalue weighted by Crippen LogP contribution is 2.01. The first-order valence-corrected chi connectivity index (χ1v) is 6.18. The van der Waals surface area contributed by atoms with Gasteiger partial charge in [0.2, 0.25) is 0 Å². The zero-order chi connectivity index (χ0) is 10.8. The summed E-state index contributed by atoms with van der Waals surface area (Å²) in [5.74, 6) is 3.06. The van der Waals surface area contributed by atoms with Crippen LogP contribution in [0.4, 0.5) is 0 Å². The molecular weight excluding hydrogens is 206 g/mol. The molecular formula is C12H17NOS. The molecule has 82 valence electrons. The van der Waals surface area contributed by atoms with Gasteiger partial charge in [0, 0.05) is 24.6 Å². The van der Waals surface area contributed by atoms with Crippen molar-refractivity contribution in [3.8, 4) is 0 Å². The zero-order valence-corrected chi connectivity index (χ0v) is 9.63. The first-order valence-electron chi connectivity index (χ1n) is 5.03. The van der Waals surface area contributed by atoms with Gasteiger partial charge in [-0.15, -0.1) is 6.58 Å². The van der Waals surface area contributed by atoms with Gasteiger partial charge in [0.15, 0.2) is 0 Å². The minimum absolute atomic E-state index is 0.884. The molecule has 0 fully saturated rings. The SMILES string of the molecule is C=CCSCCNC/C=C/c1ccco1. The molecule has 0 spiro atoms. The summed E-state index contributed by atoms with van der Waals surface area (Å²) in [5, 5.41) is 3.32. The monoisotopic (exact) mass is 223 g/mol. The number of hydrogen-bond donors (Lipinski definition) is 1. The summed E-state index contributed by atoms with van der Waals surface area (Å²) in [6.07, 6.45) is 7.65. The van der Waals surface area contributed by atoms with Crippen LogP contribution in [0.25, 0.3) is 6.08 Å². The first-order chi connectivity index (χ1) is 7.43. The normalized spacial score (nSPS) is 10.9. The van der Waals surface area contributed by atoms with Gasteiger partial charge < -0.3 is 9.73 Å². The molecule has 0 saturated carbocycles. The van der Waals surface area contributed by atoms with E-state index in [4.69, 9.17) is 4.42 Å². The second-order valence-corrected chi connectivity index (χ2v) is 4.14. The Morgan fingerprint density at radius 3 is 3.20 bits per heavy atom. The first kappa shape index (κ1) is 12.1. The third-order valence-electron chi connectivity index (χ3n) is 1.75. The van der Waals surface area contributed by atoms with Crippen LogP contribution in [0.3, 0.4) is 0 Å². The summed E-state index contributed by atoms with van der Waals surface area (Å²) >= 11 is 1.89. The Morgan fingerprint density at radius 2 is 2.47 bits per heavy atom. The van der Waals surface area contributed by atoms with Crippen molar-refractivity contribution in [2.45, 2.75) is 0 Å². The summed E-state index contributed by atoms with van der Waals surface area (Å²) < 4.78 is 5.16. The molecule has 15 heavy (non-hydrogen) atoms. The quantitative estimate of drug-likeness (QED) is 0.542. The predicted octanol–water partition coefficient (Wildman–Crippen LogP) is 2.80. The van der Waals surface area contributed by atoms with Gasteiger partial charge in [-0.25, -0.2) is 0 Å². The lowest BCUT2D eigenvalue weighted by Crippen LogP contribution is -2.16. The minimum atomic E-state index is 0.884. The Kier molecular flexibility index (Phi) is 6.79. The van der Waals surface area contributed by atoms with Crippen LogP contribution in [0.15, 0.2) is 41.5 Å². The van der Waals surface area contributed by atoms with E-state index in [-0.39, 0.29) is 0 Å². The molecule has 0 bridgehead atoms. The minimum Gasteiger partial charge on any atom is -0.465 e. The summed E-state index contributed by atoms with van der Waals surface area (Å²) in [6.45, 7) is 5.59. The molecule has 1 N–H and O–H groups in total. The predicted molar refractivity (Wildman–Crippen MR) is 68.1 cm³/mol. The lowest BCUT2D eigenvalue weighted by atomic mass is 10.4. The summed E-state index contributed by atoms with van der Waals surface area (Å²) in [5.41, 5.74) is 0. The van der Waals surface area contributed by atoms with Crippen LogP contribution < -0.4 is 5.32 Å². The highest BCUT2D eigenvalue weighted by Gasteiger charge is 1.87. The summed E-state index contributed by atoms with van der Waals surface area (Å²) in [6, 6.07) is 3.83. The lowest BCUT2D eigenvalue weighted by Gasteiger charge is -1.99. The number of furan rings is 1. The van der Waals surface area contributed by atoms with Gasteiger partial charge in [-0.3, -0.25) is 0 Å². The van der Waals surface area contributed by atoms with Crippen molar-refractivity contribution in [3.05, 3.63) is 42.9 Å².